The van der Waals surface area contributed by atoms with E-state index in [4.69, 9.17) is 0 Å². The second-order valence-electron chi connectivity index (χ2n) is 5.30. The molecule has 1 heterocycles. The molecule has 1 N–H and O–H groups in total. The molecule has 0 atom stereocenters. The molecule has 18 heavy (non-hydrogen) atoms. The predicted octanol–water partition coefficient (Wildman–Crippen LogP) is 0.764. The molecule has 1 amide bonds. The molecule has 6 heteroatoms. The van der Waals surface area contributed by atoms with Crippen LogP contribution in [0.5, 0.6) is 0 Å². The number of amides is 1. The summed E-state index contributed by atoms with van der Waals surface area (Å²) in [4.78, 5) is 12.1. The number of hydrogen-bond acceptors (Lipinski definition) is 4. The van der Waals surface area contributed by atoms with Crippen molar-refractivity contribution < 1.29 is 13.2 Å². The smallest absolute Gasteiger partial charge is 0.240 e. The van der Waals surface area contributed by atoms with Gasteiger partial charge in [0.2, 0.25) is 5.91 Å². The Morgan fingerprint density at radius 2 is 1.78 bits per heavy atom. The van der Waals surface area contributed by atoms with Gasteiger partial charge in [0.25, 0.3) is 0 Å². The van der Waals surface area contributed by atoms with Crippen LogP contribution in [0.25, 0.3) is 0 Å². The van der Waals surface area contributed by atoms with Gasteiger partial charge >= 0.3 is 0 Å². The molecular formula is C12H18N2O3S. The van der Waals surface area contributed by atoms with E-state index in [2.05, 4.69) is 11.4 Å². The number of rotatable bonds is 2. The van der Waals surface area contributed by atoms with Gasteiger partial charge in [-0.05, 0) is 25.7 Å². The van der Waals surface area contributed by atoms with Crippen molar-refractivity contribution in [3.63, 3.8) is 0 Å². The Balaban J connectivity index is 1.94. The number of hydrogen-bond donors (Lipinski definition) is 1. The fraction of sp³-hybridized carbons (Fsp3) is 0.833. The minimum Gasteiger partial charge on any atom is -0.352 e. The van der Waals surface area contributed by atoms with Crippen molar-refractivity contribution in [2.75, 3.05) is 11.5 Å². The first-order chi connectivity index (χ1) is 8.47. The zero-order chi connectivity index (χ0) is 13.2. The number of nitriles is 1. The van der Waals surface area contributed by atoms with Gasteiger partial charge in [0.15, 0.2) is 0 Å². The van der Waals surface area contributed by atoms with E-state index >= 15 is 0 Å². The molecule has 0 bridgehead atoms. The van der Waals surface area contributed by atoms with Gasteiger partial charge in [0.1, 0.15) is 15.3 Å². The number of nitrogens with one attached hydrogen (secondary N) is 1. The lowest BCUT2D eigenvalue weighted by molar-refractivity contribution is -0.128. The van der Waals surface area contributed by atoms with Gasteiger partial charge in [0.05, 0.1) is 17.6 Å². The van der Waals surface area contributed by atoms with Crippen LogP contribution < -0.4 is 5.32 Å². The maximum absolute atomic E-state index is 12.1. The first-order valence-electron chi connectivity index (χ1n) is 6.40. The zero-order valence-corrected chi connectivity index (χ0v) is 11.1. The van der Waals surface area contributed by atoms with Crippen LogP contribution in [0.2, 0.25) is 0 Å². The number of sulfone groups is 1. The summed E-state index contributed by atoms with van der Waals surface area (Å²) in [5.74, 6) is 0.0708. The van der Waals surface area contributed by atoms with Crippen LogP contribution in [0.4, 0.5) is 0 Å². The number of carbonyl (C=O) groups is 1. The van der Waals surface area contributed by atoms with Gasteiger partial charge in [-0.1, -0.05) is 12.8 Å². The molecule has 0 radical (unpaired) electrons. The Labute approximate surface area is 107 Å². The molecule has 1 aliphatic heterocycles. The van der Waals surface area contributed by atoms with Crippen LogP contribution in [0, 0.1) is 16.7 Å². The Bertz CT molecular complexity index is 458. The van der Waals surface area contributed by atoms with Crippen LogP contribution >= 0.6 is 0 Å². The van der Waals surface area contributed by atoms with E-state index in [1.807, 2.05) is 0 Å². The van der Waals surface area contributed by atoms with E-state index in [0.717, 1.165) is 12.8 Å². The van der Waals surface area contributed by atoms with Crippen LogP contribution in [-0.2, 0) is 14.6 Å². The van der Waals surface area contributed by atoms with Gasteiger partial charge in [-0.2, -0.15) is 5.26 Å². The van der Waals surface area contributed by atoms with E-state index in [1.54, 1.807) is 0 Å². The van der Waals surface area contributed by atoms with E-state index in [9.17, 15) is 18.5 Å². The highest BCUT2D eigenvalue weighted by Crippen LogP contribution is 2.37. The summed E-state index contributed by atoms with van der Waals surface area (Å²) in [5.41, 5.74) is -0.865. The van der Waals surface area contributed by atoms with Crippen molar-refractivity contribution in [2.24, 2.45) is 5.41 Å². The molecule has 5 nitrogen and oxygen atoms in total. The van der Waals surface area contributed by atoms with Gasteiger partial charge in [-0.3, -0.25) is 4.79 Å². The fourth-order valence-electron chi connectivity index (χ4n) is 2.73. The van der Waals surface area contributed by atoms with Gasteiger partial charge in [-0.25, -0.2) is 8.42 Å². The summed E-state index contributed by atoms with van der Waals surface area (Å²) >= 11 is 0. The SMILES string of the molecule is N#CC1(C(=O)NC2CCS(=O)(=O)CC2)CCCC1. The predicted molar refractivity (Wildman–Crippen MR) is 66.3 cm³/mol. The topological polar surface area (TPSA) is 87.0 Å². The van der Waals surface area contributed by atoms with Crippen molar-refractivity contribution in [1.82, 2.24) is 5.32 Å². The lowest BCUT2D eigenvalue weighted by Gasteiger charge is -2.27. The van der Waals surface area contributed by atoms with Crippen molar-refractivity contribution in [3.05, 3.63) is 0 Å². The minimum absolute atomic E-state index is 0.0909. The Kier molecular flexibility index (Phi) is 3.62. The molecule has 0 aromatic heterocycles. The molecular weight excluding hydrogens is 252 g/mol. The average molecular weight is 270 g/mol. The van der Waals surface area contributed by atoms with Crippen LogP contribution in [-0.4, -0.2) is 31.9 Å². The average Bonchev–Trinajstić information content (AvgIpc) is 2.82. The van der Waals surface area contributed by atoms with Crippen molar-refractivity contribution in [1.29, 1.82) is 5.26 Å². The third-order valence-corrected chi connectivity index (χ3v) is 5.71. The monoisotopic (exact) mass is 270 g/mol. The van der Waals surface area contributed by atoms with Crippen molar-refractivity contribution in [2.45, 2.75) is 44.6 Å². The molecule has 2 rings (SSSR count). The Morgan fingerprint density at radius 3 is 2.28 bits per heavy atom. The second-order valence-corrected chi connectivity index (χ2v) is 7.60. The normalized spacial score (nSPS) is 26.4. The van der Waals surface area contributed by atoms with E-state index in [-0.39, 0.29) is 23.5 Å². The molecule has 1 saturated carbocycles. The highest BCUT2D eigenvalue weighted by atomic mass is 32.2. The summed E-state index contributed by atoms with van der Waals surface area (Å²) in [7, 11) is -2.91. The van der Waals surface area contributed by atoms with Crippen LogP contribution in [0.15, 0.2) is 0 Å². The van der Waals surface area contributed by atoms with Crippen LogP contribution in [0.3, 0.4) is 0 Å². The number of carbonyl (C=O) groups excluding carboxylic acids is 1. The van der Waals surface area contributed by atoms with E-state index < -0.39 is 15.3 Å². The molecule has 100 valence electrons. The van der Waals surface area contributed by atoms with Crippen molar-refractivity contribution in [3.8, 4) is 6.07 Å². The highest BCUT2D eigenvalue weighted by Gasteiger charge is 2.42. The largest absolute Gasteiger partial charge is 0.352 e. The summed E-state index contributed by atoms with van der Waals surface area (Å²) in [5, 5.41) is 12.1. The highest BCUT2D eigenvalue weighted by molar-refractivity contribution is 7.91. The second kappa shape index (κ2) is 4.88. The molecule has 0 unspecified atom stereocenters. The molecule has 2 aliphatic rings. The summed E-state index contributed by atoms with van der Waals surface area (Å²) < 4.78 is 22.6. The quantitative estimate of drug-likeness (QED) is 0.802. The maximum atomic E-state index is 12.1. The minimum atomic E-state index is -2.91. The summed E-state index contributed by atoms with van der Waals surface area (Å²) in [6.45, 7) is 0. The number of nitrogens with zero attached hydrogens (tertiary/aromatic N) is 1. The molecule has 1 saturated heterocycles. The first kappa shape index (κ1) is 13.3. The molecule has 0 aromatic carbocycles. The van der Waals surface area contributed by atoms with Crippen LogP contribution in [0.1, 0.15) is 38.5 Å². The third-order valence-electron chi connectivity index (χ3n) is 4.00. The van der Waals surface area contributed by atoms with Crippen molar-refractivity contribution >= 4 is 15.7 Å². The Morgan fingerprint density at radius 1 is 1.22 bits per heavy atom. The zero-order valence-electron chi connectivity index (χ0n) is 10.3. The van der Waals surface area contributed by atoms with E-state index in [1.165, 1.54) is 0 Å². The molecule has 0 aromatic rings. The van der Waals surface area contributed by atoms with E-state index in [0.29, 0.717) is 25.7 Å². The third kappa shape index (κ3) is 2.66. The summed E-state index contributed by atoms with van der Waals surface area (Å²) in [6.07, 6.45) is 4.02. The lowest BCUT2D eigenvalue weighted by Crippen LogP contribution is -2.46. The maximum Gasteiger partial charge on any atom is 0.240 e. The molecule has 2 fully saturated rings. The first-order valence-corrected chi connectivity index (χ1v) is 8.22. The summed E-state index contributed by atoms with van der Waals surface area (Å²) in [6, 6.07) is 2.06. The standard InChI is InChI=1S/C12H18N2O3S/c13-9-12(5-1-2-6-12)11(15)14-10-3-7-18(16,17)8-4-10/h10H,1-8H2,(H,14,15). The molecule has 1 aliphatic carbocycles. The van der Waals surface area contributed by atoms with Gasteiger partial charge in [-0.15, -0.1) is 0 Å². The molecule has 0 spiro atoms. The Hall–Kier alpha value is -1.09. The van der Waals surface area contributed by atoms with Gasteiger partial charge < -0.3 is 5.32 Å². The van der Waals surface area contributed by atoms with Gasteiger partial charge in [0, 0.05) is 6.04 Å². The fourth-order valence-corrected chi connectivity index (χ4v) is 4.22. The lowest BCUT2D eigenvalue weighted by atomic mass is 9.86.